The fourth-order valence-corrected chi connectivity index (χ4v) is 3.42. The lowest BCUT2D eigenvalue weighted by atomic mass is 9.97. The van der Waals surface area contributed by atoms with Crippen molar-refractivity contribution in [2.24, 2.45) is 0 Å². The van der Waals surface area contributed by atoms with Crippen molar-refractivity contribution < 1.29 is 18.0 Å². The number of nitrogens with zero attached hydrogens (tertiary/aromatic N) is 1. The van der Waals surface area contributed by atoms with E-state index in [1.165, 1.54) is 11.8 Å². The predicted molar refractivity (Wildman–Crippen MR) is 65.4 cm³/mol. The van der Waals surface area contributed by atoms with Crippen LogP contribution in [0.5, 0.6) is 0 Å². The van der Waals surface area contributed by atoms with Gasteiger partial charge in [0.25, 0.3) is 0 Å². The summed E-state index contributed by atoms with van der Waals surface area (Å²) in [4.78, 5) is 14.0. The Labute approximate surface area is 111 Å². The summed E-state index contributed by atoms with van der Waals surface area (Å²) in [7, 11) is 0. The fourth-order valence-electron chi connectivity index (χ4n) is 3.42. The number of rotatable bonds is 3. The molecule has 110 valence electrons. The van der Waals surface area contributed by atoms with Crippen molar-refractivity contribution in [1.82, 2.24) is 10.2 Å². The minimum atomic E-state index is -4.23. The van der Waals surface area contributed by atoms with E-state index >= 15 is 0 Å². The zero-order valence-electron chi connectivity index (χ0n) is 11.4. The first-order chi connectivity index (χ1) is 8.79. The molecule has 0 aromatic rings. The molecule has 2 aliphatic rings. The van der Waals surface area contributed by atoms with Crippen LogP contribution in [-0.4, -0.2) is 34.7 Å². The first-order valence-corrected chi connectivity index (χ1v) is 6.96. The van der Waals surface area contributed by atoms with Crippen LogP contribution >= 0.6 is 0 Å². The van der Waals surface area contributed by atoms with Crippen molar-refractivity contribution in [2.45, 2.75) is 76.3 Å². The smallest absolute Gasteiger partial charge is 0.323 e. The van der Waals surface area contributed by atoms with E-state index in [2.05, 4.69) is 5.32 Å². The third-order valence-electron chi connectivity index (χ3n) is 4.27. The van der Waals surface area contributed by atoms with Crippen molar-refractivity contribution in [3.05, 3.63) is 0 Å². The lowest BCUT2D eigenvalue weighted by Crippen LogP contribution is -2.46. The fraction of sp³-hybridized carbons (Fsp3) is 0.923. The number of halogens is 3. The molecule has 1 aliphatic heterocycles. The van der Waals surface area contributed by atoms with E-state index < -0.39 is 24.2 Å². The molecule has 0 aromatic heterocycles. The van der Waals surface area contributed by atoms with E-state index in [-0.39, 0.29) is 12.1 Å². The van der Waals surface area contributed by atoms with Crippen LogP contribution in [0.25, 0.3) is 0 Å². The topological polar surface area (TPSA) is 32.3 Å². The van der Waals surface area contributed by atoms with E-state index in [4.69, 9.17) is 0 Å². The highest BCUT2D eigenvalue weighted by molar-refractivity contribution is 5.89. The van der Waals surface area contributed by atoms with Crippen molar-refractivity contribution in [2.75, 3.05) is 0 Å². The maximum atomic E-state index is 12.5. The summed E-state index contributed by atoms with van der Waals surface area (Å²) in [5, 5.41) is 3.29. The van der Waals surface area contributed by atoms with Gasteiger partial charge in [0.05, 0.1) is 18.1 Å². The van der Waals surface area contributed by atoms with Crippen LogP contribution in [-0.2, 0) is 4.79 Å². The van der Waals surface area contributed by atoms with Gasteiger partial charge in [-0.1, -0.05) is 19.8 Å². The van der Waals surface area contributed by atoms with Crippen LogP contribution in [0.2, 0.25) is 0 Å². The molecule has 1 heterocycles. The third-order valence-corrected chi connectivity index (χ3v) is 4.27. The monoisotopic (exact) mass is 278 g/mol. The van der Waals surface area contributed by atoms with Gasteiger partial charge in [0.1, 0.15) is 0 Å². The zero-order valence-corrected chi connectivity index (χ0v) is 11.4. The molecule has 2 unspecified atom stereocenters. The summed E-state index contributed by atoms with van der Waals surface area (Å²) in [6, 6.07) is -0.801. The molecular formula is C13H21F3N2O. The summed E-state index contributed by atoms with van der Waals surface area (Å²) in [5.74, 6) is -0.131. The van der Waals surface area contributed by atoms with E-state index in [0.29, 0.717) is 6.42 Å². The predicted octanol–water partition coefficient (Wildman–Crippen LogP) is 2.81. The molecule has 1 aliphatic carbocycles. The highest BCUT2D eigenvalue weighted by atomic mass is 19.4. The third kappa shape index (κ3) is 2.73. The summed E-state index contributed by atoms with van der Waals surface area (Å²) < 4.78 is 37.6. The molecule has 1 spiro atoms. The first-order valence-electron chi connectivity index (χ1n) is 6.96. The van der Waals surface area contributed by atoms with Crippen LogP contribution in [0.1, 0.15) is 52.4 Å². The molecule has 2 fully saturated rings. The number of hydrogen-bond donors (Lipinski definition) is 1. The Kier molecular flexibility index (Phi) is 3.82. The van der Waals surface area contributed by atoms with Crippen LogP contribution in [0.4, 0.5) is 13.2 Å². The maximum absolute atomic E-state index is 12.5. The van der Waals surface area contributed by atoms with Crippen LogP contribution in [0.3, 0.4) is 0 Å². The van der Waals surface area contributed by atoms with Crippen molar-refractivity contribution >= 4 is 5.91 Å². The van der Waals surface area contributed by atoms with Crippen LogP contribution in [0, 0.1) is 0 Å². The molecular weight excluding hydrogens is 257 g/mol. The van der Waals surface area contributed by atoms with Gasteiger partial charge in [-0.15, -0.1) is 0 Å². The van der Waals surface area contributed by atoms with Gasteiger partial charge in [-0.3, -0.25) is 10.1 Å². The first kappa shape index (κ1) is 14.6. The Morgan fingerprint density at radius 3 is 2.47 bits per heavy atom. The van der Waals surface area contributed by atoms with Crippen molar-refractivity contribution in [3.63, 3.8) is 0 Å². The van der Waals surface area contributed by atoms with E-state index in [1.54, 1.807) is 0 Å². The lowest BCUT2D eigenvalue weighted by Gasteiger charge is -2.30. The Hall–Kier alpha value is -0.780. The number of amides is 1. The molecule has 2 atom stereocenters. The number of carbonyl (C=O) groups is 1. The normalized spacial score (nSPS) is 28.4. The van der Waals surface area contributed by atoms with E-state index in [1.807, 2.05) is 6.92 Å². The standard InChI is InChI=1S/C13H21F3N2O/c1-3-10-17-12(6-4-5-7-12)11(19)18(10)9(2)8-13(14,15)16/h9-10,17H,3-8H2,1-2H3. The number of carbonyl (C=O) groups excluding carboxylic acids is 1. The van der Waals surface area contributed by atoms with Gasteiger partial charge in [0.2, 0.25) is 5.91 Å². The quantitative estimate of drug-likeness (QED) is 0.861. The van der Waals surface area contributed by atoms with Gasteiger partial charge < -0.3 is 4.90 Å². The molecule has 1 N–H and O–H groups in total. The second kappa shape index (κ2) is 4.96. The van der Waals surface area contributed by atoms with E-state index in [9.17, 15) is 18.0 Å². The highest BCUT2D eigenvalue weighted by Crippen LogP contribution is 2.39. The maximum Gasteiger partial charge on any atom is 0.391 e. The zero-order chi connectivity index (χ0) is 14.3. The highest BCUT2D eigenvalue weighted by Gasteiger charge is 2.53. The number of alkyl halides is 3. The molecule has 1 saturated heterocycles. The number of nitrogens with one attached hydrogen (secondary N) is 1. The average molecular weight is 278 g/mol. The van der Waals surface area contributed by atoms with Gasteiger partial charge in [0, 0.05) is 6.04 Å². The molecule has 0 radical (unpaired) electrons. The summed E-state index contributed by atoms with van der Waals surface area (Å²) >= 11 is 0. The molecule has 2 rings (SSSR count). The Bertz CT molecular complexity index is 350. The lowest BCUT2D eigenvalue weighted by molar-refractivity contribution is -0.154. The van der Waals surface area contributed by atoms with Crippen molar-refractivity contribution in [1.29, 1.82) is 0 Å². The molecule has 6 heteroatoms. The summed E-state index contributed by atoms with van der Waals surface area (Å²) in [6.45, 7) is 3.38. The van der Waals surface area contributed by atoms with Gasteiger partial charge >= 0.3 is 6.18 Å². The molecule has 1 amide bonds. The largest absolute Gasteiger partial charge is 0.391 e. The van der Waals surface area contributed by atoms with Gasteiger partial charge in [0.15, 0.2) is 0 Å². The van der Waals surface area contributed by atoms with Gasteiger partial charge in [-0.25, -0.2) is 0 Å². The summed E-state index contributed by atoms with van der Waals surface area (Å²) in [6.07, 6.45) is -1.36. The minimum Gasteiger partial charge on any atom is -0.323 e. The Balaban J connectivity index is 2.16. The van der Waals surface area contributed by atoms with Crippen LogP contribution in [0.15, 0.2) is 0 Å². The summed E-state index contributed by atoms with van der Waals surface area (Å²) in [5.41, 5.74) is -0.583. The molecule has 3 nitrogen and oxygen atoms in total. The number of hydrogen-bond acceptors (Lipinski definition) is 2. The van der Waals surface area contributed by atoms with Crippen molar-refractivity contribution in [3.8, 4) is 0 Å². The molecule has 19 heavy (non-hydrogen) atoms. The second-order valence-corrected chi connectivity index (χ2v) is 5.74. The Morgan fingerprint density at radius 2 is 2.00 bits per heavy atom. The average Bonchev–Trinajstić information content (AvgIpc) is 2.84. The molecule has 0 aromatic carbocycles. The molecule has 1 saturated carbocycles. The van der Waals surface area contributed by atoms with Gasteiger partial charge in [-0.2, -0.15) is 13.2 Å². The SMILES string of the molecule is CCC1NC2(CCCC2)C(=O)N1C(C)CC(F)(F)F. The van der Waals surface area contributed by atoms with Crippen LogP contribution < -0.4 is 5.32 Å². The second-order valence-electron chi connectivity index (χ2n) is 5.74. The molecule has 0 bridgehead atoms. The van der Waals surface area contributed by atoms with E-state index in [0.717, 1.165) is 25.7 Å². The Morgan fingerprint density at radius 1 is 1.42 bits per heavy atom. The minimum absolute atomic E-state index is 0.131. The van der Waals surface area contributed by atoms with Gasteiger partial charge in [-0.05, 0) is 26.2 Å².